The van der Waals surface area contributed by atoms with Crippen molar-refractivity contribution in [3.63, 3.8) is 0 Å². The van der Waals surface area contributed by atoms with Crippen LogP contribution in [0.4, 0.5) is 0 Å². The van der Waals surface area contributed by atoms with Crippen molar-refractivity contribution >= 4 is 23.3 Å². The first-order valence-corrected chi connectivity index (χ1v) is 7.28. The molecule has 0 bridgehead atoms. The number of fused-ring (bicyclic) bond motifs is 1. The number of aryl methyl sites for hydroxylation is 1. The van der Waals surface area contributed by atoms with Gasteiger partial charge in [0.05, 0.1) is 0 Å². The van der Waals surface area contributed by atoms with Gasteiger partial charge in [0, 0.05) is 29.5 Å². The van der Waals surface area contributed by atoms with E-state index in [2.05, 4.69) is 20.4 Å². The monoisotopic (exact) mass is 315 g/mol. The van der Waals surface area contributed by atoms with Crippen molar-refractivity contribution in [1.29, 1.82) is 0 Å². The first-order valence-electron chi connectivity index (χ1n) is 6.90. The van der Waals surface area contributed by atoms with Gasteiger partial charge in [0.25, 0.3) is 11.7 Å². The molecule has 0 fully saturated rings. The summed E-state index contributed by atoms with van der Waals surface area (Å²) >= 11 is 5.87. The Morgan fingerprint density at radius 3 is 3.09 bits per heavy atom. The molecule has 0 aliphatic rings. The summed E-state index contributed by atoms with van der Waals surface area (Å²) < 4.78 is 1.64. The van der Waals surface area contributed by atoms with Crippen LogP contribution in [0.2, 0.25) is 5.02 Å². The fourth-order valence-corrected chi connectivity index (χ4v) is 2.30. The summed E-state index contributed by atoms with van der Waals surface area (Å²) in [7, 11) is 0. The lowest BCUT2D eigenvalue weighted by Gasteiger charge is -2.05. The van der Waals surface area contributed by atoms with Crippen molar-refractivity contribution in [1.82, 2.24) is 24.9 Å². The number of amides is 1. The van der Waals surface area contributed by atoms with Gasteiger partial charge in [-0.3, -0.25) is 4.79 Å². The Kier molecular flexibility index (Phi) is 4.29. The molecule has 0 aliphatic carbocycles. The molecule has 0 atom stereocenters. The van der Waals surface area contributed by atoms with E-state index in [1.807, 2.05) is 6.20 Å². The number of aromatic nitrogens is 4. The minimum Gasteiger partial charge on any atom is -0.352 e. The molecule has 0 radical (unpaired) electrons. The largest absolute Gasteiger partial charge is 0.352 e. The maximum Gasteiger partial charge on any atom is 0.252 e. The molecule has 0 unspecified atom stereocenters. The summed E-state index contributed by atoms with van der Waals surface area (Å²) in [6.07, 6.45) is 6.76. The first-order chi connectivity index (χ1) is 10.7. The number of nitrogens with zero attached hydrogens (tertiary/aromatic N) is 4. The number of halogens is 1. The molecule has 6 nitrogen and oxygen atoms in total. The fraction of sp³-hybridized carbons (Fsp3) is 0.200. The topological polar surface area (TPSA) is 72.2 Å². The van der Waals surface area contributed by atoms with Crippen molar-refractivity contribution in [2.24, 2.45) is 0 Å². The van der Waals surface area contributed by atoms with E-state index in [-0.39, 0.29) is 5.91 Å². The van der Waals surface area contributed by atoms with Gasteiger partial charge < -0.3 is 5.32 Å². The van der Waals surface area contributed by atoms with Crippen LogP contribution in [-0.2, 0) is 6.42 Å². The van der Waals surface area contributed by atoms with Gasteiger partial charge in [0.2, 0.25) is 0 Å². The third kappa shape index (κ3) is 3.40. The number of hydrogen-bond acceptors (Lipinski definition) is 4. The highest BCUT2D eigenvalue weighted by Crippen LogP contribution is 2.10. The molecule has 0 aliphatic heterocycles. The molecule has 3 rings (SSSR count). The average Bonchev–Trinajstić information content (AvgIpc) is 2.99. The van der Waals surface area contributed by atoms with E-state index in [1.165, 1.54) is 6.33 Å². The van der Waals surface area contributed by atoms with Crippen molar-refractivity contribution in [2.45, 2.75) is 12.8 Å². The Balaban J connectivity index is 1.49. The van der Waals surface area contributed by atoms with Gasteiger partial charge in [0.1, 0.15) is 6.33 Å². The van der Waals surface area contributed by atoms with Gasteiger partial charge in [0.15, 0.2) is 0 Å². The fourth-order valence-electron chi connectivity index (χ4n) is 2.11. The molecule has 112 valence electrons. The molecule has 1 amide bonds. The van der Waals surface area contributed by atoms with Crippen LogP contribution >= 0.6 is 11.6 Å². The molecule has 7 heteroatoms. The number of hydrogen-bond donors (Lipinski definition) is 1. The van der Waals surface area contributed by atoms with E-state index in [0.717, 1.165) is 18.4 Å². The number of benzene rings is 1. The summed E-state index contributed by atoms with van der Waals surface area (Å²) in [4.78, 5) is 20.1. The maximum absolute atomic E-state index is 11.9. The SMILES string of the molecule is O=C(NCCCc1cnc2ncnn2c1)c1cccc(Cl)c1. The summed E-state index contributed by atoms with van der Waals surface area (Å²) in [6.45, 7) is 0.584. The van der Waals surface area contributed by atoms with E-state index in [4.69, 9.17) is 11.6 Å². The van der Waals surface area contributed by atoms with Crippen LogP contribution in [0.3, 0.4) is 0 Å². The zero-order chi connectivity index (χ0) is 15.4. The van der Waals surface area contributed by atoms with Crippen LogP contribution in [0, 0.1) is 0 Å². The highest BCUT2D eigenvalue weighted by Gasteiger charge is 2.05. The molecular formula is C15H14ClN5O. The number of rotatable bonds is 5. The second kappa shape index (κ2) is 6.53. The second-order valence-electron chi connectivity index (χ2n) is 4.84. The third-order valence-corrected chi connectivity index (χ3v) is 3.44. The predicted octanol–water partition coefficient (Wildman–Crippen LogP) is 2.14. The summed E-state index contributed by atoms with van der Waals surface area (Å²) in [5.41, 5.74) is 1.62. The van der Waals surface area contributed by atoms with Gasteiger partial charge in [-0.2, -0.15) is 10.1 Å². The van der Waals surface area contributed by atoms with Crippen LogP contribution in [-0.4, -0.2) is 32.0 Å². The molecule has 3 aromatic rings. The minimum atomic E-state index is -0.118. The minimum absolute atomic E-state index is 0.118. The van der Waals surface area contributed by atoms with Gasteiger partial charge in [-0.05, 0) is 36.6 Å². The Hall–Kier alpha value is -2.47. The number of carbonyl (C=O) groups is 1. The van der Waals surface area contributed by atoms with Gasteiger partial charge in [-0.1, -0.05) is 17.7 Å². The summed E-state index contributed by atoms with van der Waals surface area (Å²) in [5.74, 6) is 0.463. The van der Waals surface area contributed by atoms with Crippen molar-refractivity contribution in [3.8, 4) is 0 Å². The number of carbonyl (C=O) groups excluding carboxylic acids is 1. The number of nitrogens with one attached hydrogen (secondary N) is 1. The van der Waals surface area contributed by atoms with E-state index in [0.29, 0.717) is 22.9 Å². The normalized spacial score (nSPS) is 10.8. The van der Waals surface area contributed by atoms with Crippen molar-refractivity contribution < 1.29 is 4.79 Å². The molecule has 1 aromatic carbocycles. The standard InChI is InChI=1S/C15H14ClN5O/c16-13-5-1-4-12(7-13)14(22)17-6-2-3-11-8-18-15-19-10-20-21(15)9-11/h1,4-5,7-10H,2-3,6H2,(H,17,22). The van der Waals surface area contributed by atoms with Crippen LogP contribution < -0.4 is 5.32 Å². The lowest BCUT2D eigenvalue weighted by atomic mass is 10.2. The van der Waals surface area contributed by atoms with E-state index >= 15 is 0 Å². The molecule has 0 saturated carbocycles. The van der Waals surface area contributed by atoms with Gasteiger partial charge in [-0.25, -0.2) is 9.50 Å². The smallest absolute Gasteiger partial charge is 0.252 e. The molecule has 0 saturated heterocycles. The molecule has 2 heterocycles. The van der Waals surface area contributed by atoms with Crippen molar-refractivity contribution in [3.05, 3.63) is 59.1 Å². The van der Waals surface area contributed by atoms with E-state index in [9.17, 15) is 4.79 Å². The molecule has 2 aromatic heterocycles. The second-order valence-corrected chi connectivity index (χ2v) is 5.27. The Labute approximate surface area is 132 Å². The molecule has 22 heavy (non-hydrogen) atoms. The quantitative estimate of drug-likeness (QED) is 0.732. The van der Waals surface area contributed by atoms with Gasteiger partial charge >= 0.3 is 0 Å². The van der Waals surface area contributed by atoms with Crippen LogP contribution in [0.1, 0.15) is 22.3 Å². The zero-order valence-corrected chi connectivity index (χ0v) is 12.5. The van der Waals surface area contributed by atoms with Crippen LogP contribution in [0.25, 0.3) is 5.78 Å². The van der Waals surface area contributed by atoms with Crippen molar-refractivity contribution in [2.75, 3.05) is 6.54 Å². The first kappa shape index (κ1) is 14.5. The highest BCUT2D eigenvalue weighted by molar-refractivity contribution is 6.30. The average molecular weight is 316 g/mol. The van der Waals surface area contributed by atoms with Crippen LogP contribution in [0.5, 0.6) is 0 Å². The molecular weight excluding hydrogens is 302 g/mol. The summed E-state index contributed by atoms with van der Waals surface area (Å²) in [5, 5.41) is 7.48. The lowest BCUT2D eigenvalue weighted by molar-refractivity contribution is 0.0953. The Morgan fingerprint density at radius 1 is 1.32 bits per heavy atom. The highest BCUT2D eigenvalue weighted by atomic mass is 35.5. The Bertz CT molecular complexity index is 801. The maximum atomic E-state index is 11.9. The predicted molar refractivity (Wildman–Crippen MR) is 82.9 cm³/mol. The zero-order valence-electron chi connectivity index (χ0n) is 11.7. The molecule has 1 N–H and O–H groups in total. The lowest BCUT2D eigenvalue weighted by Crippen LogP contribution is -2.24. The van der Waals surface area contributed by atoms with Crippen LogP contribution in [0.15, 0.2) is 43.0 Å². The third-order valence-electron chi connectivity index (χ3n) is 3.20. The van der Waals surface area contributed by atoms with E-state index in [1.54, 1.807) is 35.0 Å². The molecule has 0 spiro atoms. The Morgan fingerprint density at radius 2 is 2.23 bits per heavy atom. The van der Waals surface area contributed by atoms with Gasteiger partial charge in [-0.15, -0.1) is 0 Å². The van der Waals surface area contributed by atoms with E-state index < -0.39 is 0 Å². The summed E-state index contributed by atoms with van der Waals surface area (Å²) in [6, 6.07) is 6.89.